The first-order valence-corrected chi connectivity index (χ1v) is 5.99. The molecule has 0 saturated carbocycles. The average molecular weight is 275 g/mol. The van der Waals surface area contributed by atoms with E-state index in [2.05, 4.69) is 10.3 Å². The predicted octanol–water partition coefficient (Wildman–Crippen LogP) is 3.19. The summed E-state index contributed by atoms with van der Waals surface area (Å²) in [4.78, 5) is 27.4. The van der Waals surface area contributed by atoms with E-state index in [0.717, 1.165) is 0 Å². The average Bonchev–Trinajstić information content (AvgIpc) is 2.39. The number of aromatic nitrogens is 1. The predicted molar refractivity (Wildman–Crippen MR) is 73.6 cm³/mol. The zero-order chi connectivity index (χ0) is 13.8. The third-order valence-electron chi connectivity index (χ3n) is 2.50. The second kappa shape index (κ2) is 5.63. The molecule has 2 aromatic rings. The van der Waals surface area contributed by atoms with Crippen molar-refractivity contribution in [2.75, 3.05) is 5.32 Å². The molecule has 0 aliphatic rings. The number of benzene rings is 1. The van der Waals surface area contributed by atoms with Crippen molar-refractivity contribution in [3.05, 3.63) is 58.9 Å². The number of hydrogen-bond donors (Lipinski definition) is 1. The molecule has 1 heterocycles. The zero-order valence-corrected chi connectivity index (χ0v) is 10.9. The molecule has 5 heteroatoms. The van der Waals surface area contributed by atoms with Gasteiger partial charge in [-0.25, -0.2) is 4.98 Å². The largest absolute Gasteiger partial charge is 0.320 e. The first-order chi connectivity index (χ1) is 9.08. The minimum absolute atomic E-state index is 0.116. The van der Waals surface area contributed by atoms with Crippen LogP contribution in [0.1, 0.15) is 27.8 Å². The fourth-order valence-electron chi connectivity index (χ4n) is 1.62. The minimum atomic E-state index is -0.406. The summed E-state index contributed by atoms with van der Waals surface area (Å²) in [5.74, 6) is -0.522. The van der Waals surface area contributed by atoms with Crippen LogP contribution in [0.25, 0.3) is 0 Å². The Labute approximate surface area is 115 Å². The Morgan fingerprint density at radius 2 is 1.84 bits per heavy atom. The number of carbonyl (C=O) groups excluding carboxylic acids is 2. The molecule has 96 valence electrons. The second-order valence-corrected chi connectivity index (χ2v) is 4.29. The van der Waals surface area contributed by atoms with Crippen LogP contribution in [0.3, 0.4) is 0 Å². The fraction of sp³-hybridized carbons (Fsp3) is 0.0714. The lowest BCUT2D eigenvalue weighted by molar-refractivity contribution is 0.101. The van der Waals surface area contributed by atoms with Crippen LogP contribution in [0.2, 0.25) is 5.15 Å². The molecule has 1 aromatic heterocycles. The first kappa shape index (κ1) is 13.2. The van der Waals surface area contributed by atoms with Crippen LogP contribution >= 0.6 is 11.6 Å². The van der Waals surface area contributed by atoms with Gasteiger partial charge in [0.05, 0.1) is 5.69 Å². The Balaban J connectivity index is 2.27. The number of ketones is 1. The van der Waals surface area contributed by atoms with Gasteiger partial charge < -0.3 is 5.32 Å². The third-order valence-corrected chi connectivity index (χ3v) is 2.71. The van der Waals surface area contributed by atoms with Gasteiger partial charge in [-0.1, -0.05) is 29.8 Å². The summed E-state index contributed by atoms with van der Waals surface area (Å²) in [5.41, 5.74) is 1.12. The van der Waals surface area contributed by atoms with Gasteiger partial charge in [0.2, 0.25) is 0 Å². The van der Waals surface area contributed by atoms with Gasteiger partial charge in [0.15, 0.2) is 5.78 Å². The number of hydrogen-bond acceptors (Lipinski definition) is 3. The highest BCUT2D eigenvalue weighted by Gasteiger charge is 2.12. The summed E-state index contributed by atoms with van der Waals surface area (Å²) in [6, 6.07) is 11.6. The number of nitrogens with one attached hydrogen (secondary N) is 1. The maximum Gasteiger partial charge on any atom is 0.274 e. The minimum Gasteiger partial charge on any atom is -0.320 e. The molecule has 0 unspecified atom stereocenters. The van der Waals surface area contributed by atoms with E-state index in [-0.39, 0.29) is 16.6 Å². The van der Waals surface area contributed by atoms with Crippen molar-refractivity contribution in [3.8, 4) is 0 Å². The van der Waals surface area contributed by atoms with Gasteiger partial charge >= 0.3 is 0 Å². The third kappa shape index (κ3) is 3.17. The fourth-order valence-corrected chi connectivity index (χ4v) is 1.78. The van der Waals surface area contributed by atoms with E-state index in [1.165, 1.54) is 6.92 Å². The molecular weight excluding hydrogens is 264 g/mol. The Bertz CT molecular complexity index is 641. The Kier molecular flexibility index (Phi) is 3.92. The summed E-state index contributed by atoms with van der Waals surface area (Å²) in [6.45, 7) is 1.45. The molecule has 0 bridgehead atoms. The van der Waals surface area contributed by atoms with Crippen LogP contribution in [-0.2, 0) is 0 Å². The lowest BCUT2D eigenvalue weighted by Gasteiger charge is -2.08. The summed E-state index contributed by atoms with van der Waals surface area (Å²) < 4.78 is 0. The van der Waals surface area contributed by atoms with Crippen LogP contribution in [0.15, 0.2) is 42.5 Å². The Hall–Kier alpha value is -2.20. The van der Waals surface area contributed by atoms with Crippen LogP contribution in [0.4, 0.5) is 5.69 Å². The highest BCUT2D eigenvalue weighted by molar-refractivity contribution is 6.29. The van der Waals surface area contributed by atoms with E-state index >= 15 is 0 Å². The summed E-state index contributed by atoms with van der Waals surface area (Å²) in [5, 5.41) is 2.90. The highest BCUT2D eigenvalue weighted by atomic mass is 35.5. The number of pyridine rings is 1. The van der Waals surface area contributed by atoms with Gasteiger partial charge in [0.1, 0.15) is 10.8 Å². The van der Waals surface area contributed by atoms with Crippen LogP contribution in [0.5, 0.6) is 0 Å². The molecule has 0 atom stereocenters. The van der Waals surface area contributed by atoms with E-state index in [1.54, 1.807) is 42.5 Å². The molecule has 1 amide bonds. The van der Waals surface area contributed by atoms with Crippen molar-refractivity contribution in [2.45, 2.75) is 6.92 Å². The van der Waals surface area contributed by atoms with E-state index in [4.69, 9.17) is 11.6 Å². The van der Waals surface area contributed by atoms with Crippen molar-refractivity contribution in [3.63, 3.8) is 0 Å². The highest BCUT2D eigenvalue weighted by Crippen LogP contribution is 2.16. The Morgan fingerprint density at radius 1 is 1.11 bits per heavy atom. The molecule has 2 rings (SSSR count). The van der Waals surface area contributed by atoms with Crippen molar-refractivity contribution in [1.82, 2.24) is 4.98 Å². The molecule has 4 nitrogen and oxygen atoms in total. The molecule has 0 radical (unpaired) electrons. The number of rotatable bonds is 3. The molecule has 0 fully saturated rings. The quantitative estimate of drug-likeness (QED) is 0.691. The van der Waals surface area contributed by atoms with Crippen LogP contribution < -0.4 is 5.32 Å². The maximum absolute atomic E-state index is 12.0. The molecule has 1 N–H and O–H groups in total. The summed E-state index contributed by atoms with van der Waals surface area (Å²) in [6.07, 6.45) is 0. The van der Waals surface area contributed by atoms with Crippen molar-refractivity contribution < 1.29 is 9.59 Å². The first-order valence-electron chi connectivity index (χ1n) is 5.62. The molecule has 0 aliphatic carbocycles. The van der Waals surface area contributed by atoms with Gasteiger partial charge in [0.25, 0.3) is 5.91 Å². The van der Waals surface area contributed by atoms with Gasteiger partial charge in [-0.15, -0.1) is 0 Å². The maximum atomic E-state index is 12.0. The monoisotopic (exact) mass is 274 g/mol. The van der Waals surface area contributed by atoms with Gasteiger partial charge in [-0.3, -0.25) is 9.59 Å². The van der Waals surface area contributed by atoms with Gasteiger partial charge in [0, 0.05) is 5.56 Å². The van der Waals surface area contributed by atoms with Gasteiger partial charge in [-0.05, 0) is 31.2 Å². The van der Waals surface area contributed by atoms with E-state index < -0.39 is 5.91 Å². The van der Waals surface area contributed by atoms with Crippen LogP contribution in [-0.4, -0.2) is 16.7 Å². The number of amides is 1. The zero-order valence-electron chi connectivity index (χ0n) is 10.2. The molecule has 0 spiro atoms. The smallest absolute Gasteiger partial charge is 0.274 e. The summed E-state index contributed by atoms with van der Waals surface area (Å²) in [7, 11) is 0. The molecule has 1 aromatic carbocycles. The topological polar surface area (TPSA) is 59.1 Å². The summed E-state index contributed by atoms with van der Waals surface area (Å²) >= 11 is 5.73. The van der Waals surface area contributed by atoms with E-state index in [9.17, 15) is 9.59 Å². The Morgan fingerprint density at radius 3 is 2.53 bits per heavy atom. The normalized spacial score (nSPS) is 10.0. The number of para-hydroxylation sites is 1. The molecule has 0 saturated heterocycles. The number of halogens is 1. The lowest BCUT2D eigenvalue weighted by atomic mass is 10.1. The van der Waals surface area contributed by atoms with E-state index in [1.807, 2.05) is 0 Å². The standard InChI is InChI=1S/C14H11ClN2O2/c1-9(18)10-5-2-3-6-11(10)17-14(19)12-7-4-8-13(15)16-12/h2-8H,1H3,(H,17,19). The lowest BCUT2D eigenvalue weighted by Crippen LogP contribution is -2.15. The van der Waals surface area contributed by atoms with Crippen molar-refractivity contribution >= 4 is 29.0 Å². The second-order valence-electron chi connectivity index (χ2n) is 3.90. The molecular formula is C14H11ClN2O2. The molecule has 0 aliphatic heterocycles. The van der Waals surface area contributed by atoms with Gasteiger partial charge in [-0.2, -0.15) is 0 Å². The number of nitrogens with zero attached hydrogens (tertiary/aromatic N) is 1. The number of carbonyl (C=O) groups is 2. The number of anilines is 1. The van der Waals surface area contributed by atoms with E-state index in [0.29, 0.717) is 11.3 Å². The van der Waals surface area contributed by atoms with Crippen molar-refractivity contribution in [2.24, 2.45) is 0 Å². The van der Waals surface area contributed by atoms with Crippen LogP contribution in [0, 0.1) is 0 Å². The number of Topliss-reactive ketones (excluding diaryl/α,β-unsaturated/α-hetero) is 1. The molecule has 19 heavy (non-hydrogen) atoms. The van der Waals surface area contributed by atoms with Crippen molar-refractivity contribution in [1.29, 1.82) is 0 Å². The SMILES string of the molecule is CC(=O)c1ccccc1NC(=O)c1cccc(Cl)n1.